The highest BCUT2D eigenvalue weighted by molar-refractivity contribution is 5.93. The molecule has 1 amide bonds. The standard InChI is InChI=1S/C16H25N3O/c1-3-17-14-8-9-18-15(10-14)16(20)19-11-13-6-4-12(2)5-7-13/h8-10,12-13H,3-7,11H2,1-2H3,(H,17,18)(H,19,20). The molecule has 0 unspecified atom stereocenters. The van der Waals surface area contributed by atoms with Gasteiger partial charge in [0.1, 0.15) is 5.69 Å². The van der Waals surface area contributed by atoms with Crippen LogP contribution in [0.25, 0.3) is 0 Å². The second-order valence-corrected chi connectivity index (χ2v) is 5.80. The van der Waals surface area contributed by atoms with Crippen molar-refractivity contribution < 1.29 is 4.79 Å². The lowest BCUT2D eigenvalue weighted by molar-refractivity contribution is 0.0937. The lowest BCUT2D eigenvalue weighted by Gasteiger charge is -2.26. The first-order valence-corrected chi connectivity index (χ1v) is 7.67. The van der Waals surface area contributed by atoms with Crippen LogP contribution in [-0.2, 0) is 0 Å². The second kappa shape index (κ2) is 7.27. The van der Waals surface area contributed by atoms with Crippen LogP contribution in [0.2, 0.25) is 0 Å². The van der Waals surface area contributed by atoms with E-state index < -0.39 is 0 Å². The summed E-state index contributed by atoms with van der Waals surface area (Å²) in [5.74, 6) is 1.41. The van der Waals surface area contributed by atoms with Crippen molar-refractivity contribution in [2.75, 3.05) is 18.4 Å². The van der Waals surface area contributed by atoms with Crippen molar-refractivity contribution in [3.05, 3.63) is 24.0 Å². The minimum absolute atomic E-state index is 0.0663. The van der Waals surface area contributed by atoms with E-state index in [1.807, 2.05) is 19.1 Å². The van der Waals surface area contributed by atoms with E-state index in [4.69, 9.17) is 0 Å². The predicted octanol–water partition coefficient (Wildman–Crippen LogP) is 3.07. The maximum Gasteiger partial charge on any atom is 0.269 e. The first kappa shape index (κ1) is 14.8. The van der Waals surface area contributed by atoms with Crippen molar-refractivity contribution >= 4 is 11.6 Å². The van der Waals surface area contributed by atoms with Crippen molar-refractivity contribution in [3.63, 3.8) is 0 Å². The summed E-state index contributed by atoms with van der Waals surface area (Å²) >= 11 is 0. The Kier molecular flexibility index (Phi) is 5.39. The van der Waals surface area contributed by atoms with Gasteiger partial charge < -0.3 is 10.6 Å². The summed E-state index contributed by atoms with van der Waals surface area (Å²) in [6, 6.07) is 3.69. The van der Waals surface area contributed by atoms with Crippen LogP contribution in [0, 0.1) is 11.8 Å². The molecule has 0 aromatic carbocycles. The third-order valence-corrected chi connectivity index (χ3v) is 4.06. The Labute approximate surface area is 121 Å². The molecule has 1 fully saturated rings. The Morgan fingerprint density at radius 3 is 2.80 bits per heavy atom. The maximum absolute atomic E-state index is 12.1. The molecule has 2 N–H and O–H groups in total. The summed E-state index contributed by atoms with van der Waals surface area (Å²) in [4.78, 5) is 16.3. The smallest absolute Gasteiger partial charge is 0.269 e. The van der Waals surface area contributed by atoms with Crippen molar-refractivity contribution in [2.45, 2.75) is 39.5 Å². The molecule has 20 heavy (non-hydrogen) atoms. The highest BCUT2D eigenvalue weighted by atomic mass is 16.1. The molecule has 4 nitrogen and oxygen atoms in total. The van der Waals surface area contributed by atoms with Gasteiger partial charge >= 0.3 is 0 Å². The molecule has 1 aromatic heterocycles. The van der Waals surface area contributed by atoms with E-state index in [0.717, 1.165) is 24.7 Å². The Morgan fingerprint density at radius 2 is 2.10 bits per heavy atom. The first-order valence-electron chi connectivity index (χ1n) is 7.67. The van der Waals surface area contributed by atoms with E-state index in [1.165, 1.54) is 25.7 Å². The topological polar surface area (TPSA) is 54.0 Å². The third kappa shape index (κ3) is 4.22. The molecule has 1 aromatic rings. The van der Waals surface area contributed by atoms with Crippen LogP contribution in [0.15, 0.2) is 18.3 Å². The lowest BCUT2D eigenvalue weighted by atomic mass is 9.83. The van der Waals surface area contributed by atoms with Crippen molar-refractivity contribution in [1.29, 1.82) is 0 Å². The second-order valence-electron chi connectivity index (χ2n) is 5.80. The van der Waals surface area contributed by atoms with Crippen LogP contribution >= 0.6 is 0 Å². The molecule has 0 atom stereocenters. The number of pyridine rings is 1. The molecule has 2 rings (SSSR count). The molecule has 110 valence electrons. The van der Waals surface area contributed by atoms with Gasteiger partial charge in [0.15, 0.2) is 0 Å². The predicted molar refractivity (Wildman–Crippen MR) is 81.9 cm³/mol. The van der Waals surface area contributed by atoms with Gasteiger partial charge in [0.2, 0.25) is 0 Å². The van der Waals surface area contributed by atoms with E-state index in [9.17, 15) is 4.79 Å². The summed E-state index contributed by atoms with van der Waals surface area (Å²) in [5.41, 5.74) is 1.44. The number of aromatic nitrogens is 1. The summed E-state index contributed by atoms with van der Waals surface area (Å²) in [6.45, 7) is 5.96. The summed E-state index contributed by atoms with van der Waals surface area (Å²) in [5, 5.41) is 6.22. The van der Waals surface area contributed by atoms with Crippen molar-refractivity contribution in [1.82, 2.24) is 10.3 Å². The number of carbonyl (C=O) groups is 1. The summed E-state index contributed by atoms with van der Waals surface area (Å²) in [6.07, 6.45) is 6.71. The number of rotatable bonds is 5. The number of anilines is 1. The van der Waals surface area contributed by atoms with E-state index in [1.54, 1.807) is 6.20 Å². The van der Waals surface area contributed by atoms with Crippen molar-refractivity contribution in [3.8, 4) is 0 Å². The van der Waals surface area contributed by atoms with Gasteiger partial charge in [-0.3, -0.25) is 9.78 Å². The number of nitrogens with zero attached hydrogens (tertiary/aromatic N) is 1. The van der Waals surface area contributed by atoms with Crippen LogP contribution in [0.3, 0.4) is 0 Å². The van der Waals surface area contributed by atoms with Gasteiger partial charge in [-0.05, 0) is 43.7 Å². The molecule has 0 spiro atoms. The number of nitrogens with one attached hydrogen (secondary N) is 2. The van der Waals surface area contributed by atoms with Gasteiger partial charge in [-0.2, -0.15) is 0 Å². The Hall–Kier alpha value is -1.58. The molecule has 1 aliphatic rings. The average molecular weight is 275 g/mol. The zero-order valence-corrected chi connectivity index (χ0v) is 12.5. The van der Waals surface area contributed by atoms with Crippen molar-refractivity contribution in [2.24, 2.45) is 11.8 Å². The van der Waals surface area contributed by atoms with Crippen LogP contribution in [0.5, 0.6) is 0 Å². The van der Waals surface area contributed by atoms with Crippen LogP contribution in [0.1, 0.15) is 50.0 Å². The molecular formula is C16H25N3O. The Bertz CT molecular complexity index is 439. The van der Waals surface area contributed by atoms with Crippen LogP contribution in [-0.4, -0.2) is 24.0 Å². The van der Waals surface area contributed by atoms with E-state index in [2.05, 4.69) is 22.5 Å². The maximum atomic E-state index is 12.1. The molecule has 1 aliphatic carbocycles. The molecular weight excluding hydrogens is 250 g/mol. The van der Waals surface area contributed by atoms with Gasteiger partial charge in [-0.25, -0.2) is 0 Å². The molecule has 0 radical (unpaired) electrons. The fourth-order valence-corrected chi connectivity index (χ4v) is 2.73. The highest BCUT2D eigenvalue weighted by Gasteiger charge is 2.19. The van der Waals surface area contributed by atoms with Gasteiger partial charge in [-0.15, -0.1) is 0 Å². The van der Waals surface area contributed by atoms with E-state index in [-0.39, 0.29) is 5.91 Å². The minimum atomic E-state index is -0.0663. The lowest BCUT2D eigenvalue weighted by Crippen LogP contribution is -2.31. The van der Waals surface area contributed by atoms with Crippen LogP contribution < -0.4 is 10.6 Å². The average Bonchev–Trinajstić information content (AvgIpc) is 2.47. The van der Waals surface area contributed by atoms with E-state index >= 15 is 0 Å². The van der Waals surface area contributed by atoms with E-state index in [0.29, 0.717) is 11.6 Å². The third-order valence-electron chi connectivity index (χ3n) is 4.06. The quantitative estimate of drug-likeness (QED) is 0.868. The zero-order chi connectivity index (χ0) is 14.4. The van der Waals surface area contributed by atoms with Gasteiger partial charge in [-0.1, -0.05) is 19.8 Å². The number of carbonyl (C=O) groups excluding carboxylic acids is 1. The largest absolute Gasteiger partial charge is 0.385 e. The summed E-state index contributed by atoms with van der Waals surface area (Å²) in [7, 11) is 0. The zero-order valence-electron chi connectivity index (χ0n) is 12.5. The minimum Gasteiger partial charge on any atom is -0.385 e. The number of amides is 1. The molecule has 0 saturated heterocycles. The fourth-order valence-electron chi connectivity index (χ4n) is 2.73. The summed E-state index contributed by atoms with van der Waals surface area (Å²) < 4.78 is 0. The van der Waals surface area contributed by atoms with Gasteiger partial charge in [0, 0.05) is 25.0 Å². The normalized spacial score (nSPS) is 22.3. The highest BCUT2D eigenvalue weighted by Crippen LogP contribution is 2.27. The van der Waals surface area contributed by atoms with Gasteiger partial charge in [0.25, 0.3) is 5.91 Å². The molecule has 4 heteroatoms. The fraction of sp³-hybridized carbons (Fsp3) is 0.625. The van der Waals surface area contributed by atoms with Gasteiger partial charge in [0.05, 0.1) is 0 Å². The Morgan fingerprint density at radius 1 is 1.35 bits per heavy atom. The number of hydrogen-bond acceptors (Lipinski definition) is 3. The first-order chi connectivity index (χ1) is 9.69. The van der Waals surface area contributed by atoms with Crippen LogP contribution in [0.4, 0.5) is 5.69 Å². The molecule has 1 heterocycles. The molecule has 1 saturated carbocycles. The SMILES string of the molecule is CCNc1ccnc(C(=O)NCC2CCC(C)CC2)c1. The molecule has 0 aliphatic heterocycles. The molecule has 0 bridgehead atoms. The number of hydrogen-bond donors (Lipinski definition) is 2. The Balaban J connectivity index is 1.83. The monoisotopic (exact) mass is 275 g/mol.